The monoisotopic (exact) mass is 1870 g/mol. The van der Waals surface area contributed by atoms with E-state index in [4.69, 9.17) is 36.1 Å². The van der Waals surface area contributed by atoms with Crippen LogP contribution < -0.4 is 88.8 Å². The largest absolute Gasteiger partial charge is 1.00 e. The Morgan fingerprint density at radius 2 is 1.45 bits per heavy atom. The number of ether oxygens (including phenoxy) is 1. The number of cyclic esters (lactones) is 1. The van der Waals surface area contributed by atoms with Crippen molar-refractivity contribution in [2.24, 2.45) is 21.6 Å². The van der Waals surface area contributed by atoms with E-state index in [2.05, 4.69) is 104 Å². The van der Waals surface area contributed by atoms with Gasteiger partial charge in [-0.15, -0.1) is 57.1 Å². The number of aromatic nitrogens is 6. The summed E-state index contributed by atoms with van der Waals surface area (Å²) in [5.41, 5.74) is 8.92. The molecule has 2 aliphatic carbocycles. The summed E-state index contributed by atoms with van der Waals surface area (Å²) in [5, 5.41) is 93.4. The number of rotatable bonds is 12. The molecule has 13 rings (SSSR count). The Labute approximate surface area is 779 Å². The van der Waals surface area contributed by atoms with Crippen LogP contribution in [0.5, 0.6) is 0 Å². The van der Waals surface area contributed by atoms with Crippen molar-refractivity contribution < 1.29 is 108 Å². The number of aryl methyl sites for hydroxylation is 1. The average molecular weight is 1870 g/mol. The van der Waals surface area contributed by atoms with Crippen LogP contribution in [0, 0.1) is 5.92 Å². The van der Waals surface area contributed by atoms with Gasteiger partial charge in [-0.25, -0.2) is 29.7 Å². The number of para-hydroxylation sites is 1. The first-order valence-corrected chi connectivity index (χ1v) is 45.7. The molecule has 0 saturated heterocycles. The number of primary amides is 1. The number of thiazole rings is 4. The first-order valence-electron chi connectivity index (χ1n) is 41.1. The fourth-order valence-corrected chi connectivity index (χ4v) is 19.6. The number of carbonyl (C=O) groups is 12. The number of aliphatic imine (C=N–C) groups is 2. The van der Waals surface area contributed by atoms with E-state index in [1.165, 1.54) is 112 Å². The average Bonchev–Trinajstić information content (AvgIpc) is 1.65. The summed E-state index contributed by atoms with van der Waals surface area (Å²) in [6.07, 6.45) is 1.50. The van der Waals surface area contributed by atoms with Gasteiger partial charge in [0.15, 0.2) is 0 Å². The van der Waals surface area contributed by atoms with Gasteiger partial charge in [0, 0.05) is 49.6 Å². The molecule has 1 aromatic carbocycles. The van der Waals surface area contributed by atoms with Gasteiger partial charge in [-0.2, -0.15) is 0 Å². The summed E-state index contributed by atoms with van der Waals surface area (Å²) >= 11 is 4.42. The van der Waals surface area contributed by atoms with Crippen LogP contribution in [-0.2, 0) is 61.5 Å². The number of thioether (sulfide) groups is 1. The van der Waals surface area contributed by atoms with Crippen LogP contribution in [0.2, 0.25) is 0 Å². The Balaban J connectivity index is 0.000000940. The van der Waals surface area contributed by atoms with Crippen LogP contribution in [0.4, 0.5) is 5.69 Å². The molecule has 10 heterocycles. The zero-order valence-corrected chi connectivity index (χ0v) is 76.8. The Morgan fingerprint density at radius 3 is 2.15 bits per heavy atom. The molecule has 6 aliphatic rings. The molecule has 4 aliphatic heterocycles. The molecule has 684 valence electrons. The van der Waals surface area contributed by atoms with Gasteiger partial charge in [0.05, 0.1) is 75.8 Å². The molecule has 0 radical (unpaired) electrons. The van der Waals surface area contributed by atoms with Crippen LogP contribution in [0.1, 0.15) is 229 Å². The molecule has 0 saturated carbocycles. The molecular formula is C85H100LiN21O18S5. The summed E-state index contributed by atoms with van der Waals surface area (Å²) in [4.78, 5) is 208. The minimum Gasteiger partial charge on any atom is -1.00 e. The molecule has 7 aromatic rings. The molecule has 17 atom stereocenters. The number of nitrogens with one attached hydrogen (secondary N) is 11. The van der Waals surface area contributed by atoms with Crippen molar-refractivity contribution in [2.45, 2.75) is 210 Å². The van der Waals surface area contributed by atoms with Gasteiger partial charge in [-0.1, -0.05) is 76.4 Å². The zero-order chi connectivity index (χ0) is 93.7. The normalized spacial score (nSPS) is 25.3. The van der Waals surface area contributed by atoms with Crippen molar-refractivity contribution in [1.29, 1.82) is 0 Å². The number of pyridine rings is 2. The van der Waals surface area contributed by atoms with E-state index in [0.29, 0.717) is 6.42 Å². The molecule has 20 N–H and O–H groups in total. The molecule has 13 bridgehead atoms. The first kappa shape index (κ1) is 99.1. The number of hydrogen-bond acceptors (Lipinski definition) is 33. The molecule has 6 aromatic heterocycles. The predicted octanol–water partition coefficient (Wildman–Crippen LogP) is 0.586. The smallest absolute Gasteiger partial charge is 1.00 e. The summed E-state index contributed by atoms with van der Waals surface area (Å²) in [7, 11) is 0. The van der Waals surface area contributed by atoms with E-state index in [1.54, 1.807) is 26.8 Å². The van der Waals surface area contributed by atoms with Gasteiger partial charge in [0.25, 0.3) is 35.4 Å². The Bertz CT molecular complexity index is 5830. The second-order valence-electron chi connectivity index (χ2n) is 32.0. The van der Waals surface area contributed by atoms with Gasteiger partial charge < -0.3 is 96.3 Å². The molecule has 39 nitrogen and oxygen atoms in total. The van der Waals surface area contributed by atoms with E-state index in [-0.39, 0.29) is 115 Å². The van der Waals surface area contributed by atoms with E-state index < -0.39 is 196 Å². The Morgan fingerprint density at radius 1 is 0.754 bits per heavy atom. The molecule has 0 fully saturated rings. The maximum absolute atomic E-state index is 15.4. The van der Waals surface area contributed by atoms with Crippen molar-refractivity contribution in [3.8, 4) is 0 Å². The maximum Gasteiger partial charge on any atom is 1.00 e. The SMILES string of the molecule is C=C(NC(=O)C(=C)NC(=O)c1csc(C2=NC3c4csc(n4)C4NC(=O)c5csc(n5)C(C(C)(O)C(C)O)NC(=O)C5CSC(=N5)/C(=C\C)NC(=O)C(C(C)O)NC(=O)c5csc(n5)C3(CC2)NC(=O)C(C)NC(=O)C(=C)NC(=O)C(C)NC(=O)C(C(C)CC)NC2C=Cc3c(C(C)O)cc(nc3C2O)C(=O)OC4C)n1)C(N)=O.Nc1c2c(nc3ccccc13)CCCC2.[H-].[Li+]. The number of aliphatic hydroxyl groups is 5. The van der Waals surface area contributed by atoms with E-state index >= 15 is 14.4 Å². The number of esters is 1. The predicted molar refractivity (Wildman–Crippen MR) is 482 cm³/mol. The van der Waals surface area contributed by atoms with Crippen molar-refractivity contribution >= 4 is 161 Å². The second kappa shape index (κ2) is 41.7. The van der Waals surface area contributed by atoms with Crippen molar-refractivity contribution in [3.63, 3.8) is 0 Å². The second-order valence-corrected chi connectivity index (χ2v) is 36.5. The van der Waals surface area contributed by atoms with Crippen LogP contribution >= 0.6 is 57.1 Å². The van der Waals surface area contributed by atoms with Crippen molar-refractivity contribution in [3.05, 3.63) is 183 Å². The standard InChI is InChI=1S/C72H85N19O18S5.C13H14N2.Li.H/c1-14-26(3)47-63(105)78-30(7)57(99)75-28(5)56(98)76-31(8)58(100)91-72-19-18-40(66-85-43(22-111-66)59(101)77-29(6)55(97)74-27(4)54(73)96)81-52(72)42-21-112-67(83-42)49(34(11)109-69(107)41-20-37(32(9)92)36-16-17-39(79-47)51(95)50(36)80-41)89-60(102)44-24-113-68(86-44)53(71(13,108)35(12)94)90-62(104)45-23-110-65(84-45)38(15-2)82-64(106)48(33(10)93)88-61(103)46-25-114-70(72)87-46;14-13-9-5-1-3-7-11(9)15-12-8-4-2-6-10(12)13;;/h15-17,20-22,24-26,30-35,39,45,47-49,51-53,79,92-95,108H,4-6,14,18-19,23H2,1-3,7-13H3,(H2,73,96)(H,74,97)(H,75,99)(H,76,98)(H,77,101)(H,78,105)(H,82,106)(H,88,103)(H,89,102)(H,90,104)(H,91,100);1,3,5,7H,2,4,6,8H2,(H2,14,15);;/q;;+1;-1/b38-15+;;;. The molecule has 11 amide bonds. The summed E-state index contributed by atoms with van der Waals surface area (Å²) in [6.45, 7) is 24.9. The Hall–Kier alpha value is -11.5. The topological polar surface area (TPSA) is 602 Å². The van der Waals surface area contributed by atoms with E-state index in [9.17, 15) is 68.7 Å². The van der Waals surface area contributed by atoms with Gasteiger partial charge >= 0.3 is 24.8 Å². The molecule has 0 spiro atoms. The number of nitrogens with zero attached hydrogens (tertiary/aromatic N) is 8. The van der Waals surface area contributed by atoms with Crippen molar-refractivity contribution in [2.75, 3.05) is 11.5 Å². The van der Waals surface area contributed by atoms with Crippen LogP contribution in [0.25, 0.3) is 17.0 Å². The third-order valence-corrected chi connectivity index (χ3v) is 27.5. The number of amides is 11. The minimum atomic E-state index is -2.21. The third-order valence-electron chi connectivity index (χ3n) is 22.7. The van der Waals surface area contributed by atoms with Gasteiger partial charge in [0.2, 0.25) is 29.5 Å². The summed E-state index contributed by atoms with van der Waals surface area (Å²) in [6, 6.07) is -3.42. The van der Waals surface area contributed by atoms with Gasteiger partial charge in [0.1, 0.15) is 113 Å². The number of anilines is 1. The summed E-state index contributed by atoms with van der Waals surface area (Å²) < 4.78 is 6.26. The fraction of sp³-hybridized carbons (Fsp3) is 0.412. The van der Waals surface area contributed by atoms with Crippen molar-refractivity contribution in [1.82, 2.24) is 88.4 Å². The number of benzene rings is 1. The zero-order valence-electron chi connectivity index (χ0n) is 73.7. The maximum atomic E-state index is 15.4. The van der Waals surface area contributed by atoms with Crippen LogP contribution in [0.15, 0.2) is 117 Å². The van der Waals surface area contributed by atoms with Crippen LogP contribution in [-0.4, -0.2) is 203 Å². The third kappa shape index (κ3) is 21.7. The number of nitrogens with two attached hydrogens (primary N) is 2. The molecular weight excluding hydrogens is 1770 g/mol. The first-order chi connectivity index (χ1) is 61.1. The molecule has 130 heavy (non-hydrogen) atoms. The number of hydrogen-bond donors (Lipinski definition) is 18. The number of nitrogen functional groups attached to an aromatic ring is 1. The number of fused-ring (bicyclic) bond motifs is 9. The quantitative estimate of drug-likeness (QED) is 0.0452. The number of allylic oxidation sites excluding steroid dienone is 1. The molecule has 17 unspecified atom stereocenters. The van der Waals surface area contributed by atoms with E-state index in [1.807, 2.05) is 18.2 Å². The van der Waals surface area contributed by atoms with Gasteiger partial charge in [-0.05, 0) is 123 Å². The summed E-state index contributed by atoms with van der Waals surface area (Å²) in [5.74, 6) is -12.2. The number of aliphatic hydroxyl groups excluding tert-OH is 4. The Kier molecular flexibility index (Phi) is 31.8. The fourth-order valence-electron chi connectivity index (χ4n) is 14.7. The van der Waals surface area contributed by atoms with Crippen LogP contribution in [0.3, 0.4) is 0 Å². The van der Waals surface area contributed by atoms with Gasteiger partial charge in [-0.3, -0.25) is 73.0 Å². The number of carbonyl (C=O) groups excluding carboxylic acids is 12. The minimum absolute atomic E-state index is 0. The molecule has 45 heteroatoms. The van der Waals surface area contributed by atoms with E-state index in [0.717, 1.165) is 86.5 Å².